The van der Waals surface area contributed by atoms with Crippen LogP contribution in [0.2, 0.25) is 0 Å². The highest BCUT2D eigenvalue weighted by molar-refractivity contribution is 7.89. The van der Waals surface area contributed by atoms with Crippen LogP contribution in [0.15, 0.2) is 35.4 Å². The number of sulfonamides is 1. The Hall–Kier alpha value is -2.19. The Bertz CT molecular complexity index is 901. The van der Waals surface area contributed by atoms with Crippen LogP contribution in [-0.2, 0) is 16.6 Å². The van der Waals surface area contributed by atoms with Crippen molar-refractivity contribution in [2.75, 3.05) is 5.32 Å². The number of hydrogen-bond acceptors (Lipinski definition) is 4. The number of carbonyl (C=O) groups is 1. The van der Waals surface area contributed by atoms with Gasteiger partial charge < -0.3 is 5.32 Å². The molecule has 0 radical (unpaired) electrons. The number of hydrogen-bond donors (Lipinski definition) is 2. The molecule has 1 heterocycles. The van der Waals surface area contributed by atoms with Crippen molar-refractivity contribution in [1.29, 1.82) is 0 Å². The summed E-state index contributed by atoms with van der Waals surface area (Å²) in [5, 5.41) is 7.05. The van der Waals surface area contributed by atoms with Gasteiger partial charge in [0.15, 0.2) is 0 Å². The van der Waals surface area contributed by atoms with Gasteiger partial charge in [0.05, 0.1) is 11.1 Å². The summed E-state index contributed by atoms with van der Waals surface area (Å²) in [5.41, 5.74) is 1.06. The molecule has 0 atom stereocenters. The Morgan fingerprint density at radius 3 is 2.77 bits per heavy atom. The number of unbranched alkanes of at least 4 members (excludes halogenated alkanes) is 1. The van der Waals surface area contributed by atoms with Gasteiger partial charge in [0, 0.05) is 24.2 Å². The van der Waals surface area contributed by atoms with Crippen molar-refractivity contribution in [1.82, 2.24) is 14.5 Å². The van der Waals surface area contributed by atoms with Crippen LogP contribution in [0.1, 0.15) is 48.5 Å². The average Bonchev–Trinajstić information content (AvgIpc) is 3.29. The first-order valence-electron chi connectivity index (χ1n) is 8.87. The van der Waals surface area contributed by atoms with Crippen LogP contribution < -0.4 is 10.0 Å². The number of amides is 1. The van der Waals surface area contributed by atoms with Gasteiger partial charge in [-0.3, -0.25) is 4.79 Å². The molecule has 1 fully saturated rings. The molecule has 1 aliphatic carbocycles. The maximum atomic E-state index is 12.7. The van der Waals surface area contributed by atoms with Crippen LogP contribution >= 0.6 is 0 Å². The second kappa shape index (κ2) is 7.59. The Kier molecular flexibility index (Phi) is 5.43. The number of aromatic nitrogens is 2. The van der Waals surface area contributed by atoms with Crippen molar-refractivity contribution in [3.8, 4) is 0 Å². The topological polar surface area (TPSA) is 93.1 Å². The molecule has 26 heavy (non-hydrogen) atoms. The number of carbonyl (C=O) groups excluding carboxylic acids is 1. The van der Waals surface area contributed by atoms with E-state index in [1.54, 1.807) is 29.9 Å². The van der Waals surface area contributed by atoms with E-state index in [0.717, 1.165) is 32.2 Å². The second-order valence-corrected chi connectivity index (χ2v) is 8.33. The molecule has 0 bridgehead atoms. The maximum Gasteiger partial charge on any atom is 0.257 e. The monoisotopic (exact) mass is 376 g/mol. The lowest BCUT2D eigenvalue weighted by Gasteiger charge is -2.12. The lowest BCUT2D eigenvalue weighted by atomic mass is 10.1. The fourth-order valence-corrected chi connectivity index (χ4v) is 3.94. The summed E-state index contributed by atoms with van der Waals surface area (Å²) in [6.45, 7) is 4.60. The molecule has 0 spiro atoms. The fraction of sp³-hybridized carbons (Fsp3) is 0.444. The number of benzene rings is 1. The van der Waals surface area contributed by atoms with E-state index in [2.05, 4.69) is 22.1 Å². The molecule has 0 aliphatic heterocycles. The van der Waals surface area contributed by atoms with Gasteiger partial charge in [-0.1, -0.05) is 19.4 Å². The highest BCUT2D eigenvalue weighted by Crippen LogP contribution is 2.23. The first-order chi connectivity index (χ1) is 12.4. The highest BCUT2D eigenvalue weighted by atomic mass is 32.2. The van der Waals surface area contributed by atoms with Gasteiger partial charge in [-0.05, 0) is 43.9 Å². The van der Waals surface area contributed by atoms with Crippen molar-refractivity contribution >= 4 is 21.7 Å². The summed E-state index contributed by atoms with van der Waals surface area (Å²) in [6.07, 6.45) is 5.35. The van der Waals surface area contributed by atoms with Gasteiger partial charge >= 0.3 is 0 Å². The molecule has 1 aromatic heterocycles. The normalized spacial score (nSPS) is 14.4. The zero-order valence-corrected chi connectivity index (χ0v) is 15.8. The molecule has 2 N–H and O–H groups in total. The third-order valence-corrected chi connectivity index (χ3v) is 5.86. The standard InChI is InChI=1S/C18H24N4O3S/c1-3-4-11-22-17(9-10-19-22)20-18(23)16-12-15(8-5-13(16)2)26(24,25)21-14-6-7-14/h5,8-10,12,14,21H,3-4,6-7,11H2,1-2H3,(H,20,23). The van der Waals surface area contributed by atoms with E-state index in [4.69, 9.17) is 0 Å². The second-order valence-electron chi connectivity index (χ2n) is 6.62. The minimum absolute atomic E-state index is 0.0199. The SMILES string of the molecule is CCCCn1nccc1NC(=O)c1cc(S(=O)(=O)NC2CC2)ccc1C. The van der Waals surface area contributed by atoms with E-state index in [1.807, 2.05) is 0 Å². The Balaban J connectivity index is 1.81. The van der Waals surface area contributed by atoms with Crippen LogP contribution in [0.5, 0.6) is 0 Å². The average molecular weight is 376 g/mol. The van der Waals surface area contributed by atoms with E-state index in [-0.39, 0.29) is 16.8 Å². The quantitative estimate of drug-likeness (QED) is 0.741. The molecule has 1 saturated carbocycles. The molecule has 1 aliphatic rings. The van der Waals surface area contributed by atoms with Gasteiger partial charge in [0.2, 0.25) is 10.0 Å². The predicted molar refractivity (Wildman–Crippen MR) is 99.6 cm³/mol. The number of anilines is 1. The highest BCUT2D eigenvalue weighted by Gasteiger charge is 2.28. The van der Waals surface area contributed by atoms with Crippen LogP contribution in [0, 0.1) is 6.92 Å². The fourth-order valence-electron chi connectivity index (χ4n) is 2.61. The molecule has 0 saturated heterocycles. The first kappa shape index (κ1) is 18.6. The summed E-state index contributed by atoms with van der Waals surface area (Å²) >= 11 is 0. The Morgan fingerprint density at radius 1 is 1.31 bits per heavy atom. The predicted octanol–water partition coefficient (Wildman–Crippen LogP) is 2.68. The van der Waals surface area contributed by atoms with Crippen molar-refractivity contribution in [2.45, 2.75) is 57.0 Å². The van der Waals surface area contributed by atoms with Crippen molar-refractivity contribution < 1.29 is 13.2 Å². The van der Waals surface area contributed by atoms with Crippen LogP contribution in [0.25, 0.3) is 0 Å². The summed E-state index contributed by atoms with van der Waals surface area (Å²) in [6, 6.07) is 6.37. The summed E-state index contributed by atoms with van der Waals surface area (Å²) in [5.74, 6) is 0.261. The molecule has 0 unspecified atom stereocenters. The van der Waals surface area contributed by atoms with E-state index in [9.17, 15) is 13.2 Å². The molecule has 1 amide bonds. The molecule has 7 nitrogen and oxygen atoms in total. The van der Waals surface area contributed by atoms with Crippen LogP contribution in [0.3, 0.4) is 0 Å². The molecule has 140 valence electrons. The minimum Gasteiger partial charge on any atom is -0.307 e. The van der Waals surface area contributed by atoms with Gasteiger partial charge in [-0.15, -0.1) is 0 Å². The van der Waals surface area contributed by atoms with Gasteiger partial charge in [-0.2, -0.15) is 5.10 Å². The summed E-state index contributed by atoms with van der Waals surface area (Å²) < 4.78 is 29.2. The van der Waals surface area contributed by atoms with E-state index in [0.29, 0.717) is 16.9 Å². The molecule has 3 rings (SSSR count). The first-order valence-corrected chi connectivity index (χ1v) is 10.3. The number of rotatable bonds is 8. The molecular weight excluding hydrogens is 352 g/mol. The third-order valence-electron chi connectivity index (χ3n) is 4.34. The van der Waals surface area contributed by atoms with Crippen molar-refractivity contribution in [3.05, 3.63) is 41.6 Å². The number of nitrogens with zero attached hydrogens (tertiary/aromatic N) is 2. The zero-order chi connectivity index (χ0) is 18.7. The smallest absolute Gasteiger partial charge is 0.257 e. The van der Waals surface area contributed by atoms with Gasteiger partial charge in [-0.25, -0.2) is 17.8 Å². The maximum absolute atomic E-state index is 12.7. The molecule has 8 heteroatoms. The van der Waals surface area contributed by atoms with Gasteiger partial charge in [0.1, 0.15) is 5.82 Å². The van der Waals surface area contributed by atoms with E-state index in [1.165, 1.54) is 12.1 Å². The number of aryl methyl sites for hydroxylation is 2. The third kappa shape index (κ3) is 4.31. The van der Waals surface area contributed by atoms with Crippen LogP contribution in [0.4, 0.5) is 5.82 Å². The summed E-state index contributed by atoms with van der Waals surface area (Å²) in [7, 11) is -3.60. The Labute approximate surface area is 153 Å². The molecule has 1 aromatic carbocycles. The largest absolute Gasteiger partial charge is 0.307 e. The van der Waals surface area contributed by atoms with Crippen molar-refractivity contribution in [2.24, 2.45) is 0 Å². The van der Waals surface area contributed by atoms with Crippen LogP contribution in [-0.4, -0.2) is 30.1 Å². The molecular formula is C18H24N4O3S. The molecule has 2 aromatic rings. The van der Waals surface area contributed by atoms with E-state index < -0.39 is 10.0 Å². The van der Waals surface area contributed by atoms with Crippen molar-refractivity contribution in [3.63, 3.8) is 0 Å². The number of nitrogens with one attached hydrogen (secondary N) is 2. The van der Waals surface area contributed by atoms with E-state index >= 15 is 0 Å². The minimum atomic E-state index is -3.60. The lowest BCUT2D eigenvalue weighted by molar-refractivity contribution is 0.102. The lowest BCUT2D eigenvalue weighted by Crippen LogP contribution is -2.26. The zero-order valence-electron chi connectivity index (χ0n) is 15.0. The summed E-state index contributed by atoms with van der Waals surface area (Å²) in [4.78, 5) is 12.8. The Morgan fingerprint density at radius 2 is 2.08 bits per heavy atom. The van der Waals surface area contributed by atoms with Gasteiger partial charge in [0.25, 0.3) is 5.91 Å².